The largest absolute Gasteiger partial charge is 0.507 e. The molecule has 1 saturated heterocycles. The molecule has 0 spiro atoms. The highest BCUT2D eigenvalue weighted by molar-refractivity contribution is 5.99. The molecule has 1 fully saturated rings. The molecule has 1 aromatic rings. The van der Waals surface area contributed by atoms with E-state index in [4.69, 9.17) is 4.74 Å². The highest BCUT2D eigenvalue weighted by Gasteiger charge is 2.18. The van der Waals surface area contributed by atoms with Crippen LogP contribution >= 0.6 is 0 Å². The second-order valence-electron chi connectivity index (χ2n) is 3.09. The first-order valence-corrected chi connectivity index (χ1v) is 4.43. The second kappa shape index (κ2) is 3.54. The number of ether oxygens (including phenoxy) is 1. The van der Waals surface area contributed by atoms with Crippen molar-refractivity contribution in [3.05, 3.63) is 35.6 Å². The second-order valence-corrected chi connectivity index (χ2v) is 3.09. The van der Waals surface area contributed by atoms with Crippen LogP contribution in [-0.2, 0) is 9.53 Å². The van der Waals surface area contributed by atoms with Crippen molar-refractivity contribution >= 4 is 11.9 Å². The van der Waals surface area contributed by atoms with E-state index in [2.05, 4.69) is 0 Å². The van der Waals surface area contributed by atoms with Crippen molar-refractivity contribution in [2.24, 2.45) is 0 Å². The normalized spacial score (nSPS) is 18.6. The van der Waals surface area contributed by atoms with E-state index in [0.717, 1.165) is 0 Å². The van der Waals surface area contributed by atoms with Crippen LogP contribution in [0.4, 0.5) is 0 Å². The minimum atomic E-state index is -0.00625. The van der Waals surface area contributed by atoms with Crippen LogP contribution in [0.2, 0.25) is 0 Å². The number of carbonyl (C=O) groups is 1. The molecule has 2 rings (SSSR count). The van der Waals surface area contributed by atoms with E-state index >= 15 is 0 Å². The average molecular weight is 190 g/mol. The van der Waals surface area contributed by atoms with Gasteiger partial charge in [-0.2, -0.15) is 0 Å². The monoisotopic (exact) mass is 190 g/mol. The SMILES string of the molecule is O=C1CCO/C1=C\c1ccccc1O. The number of ketones is 1. The summed E-state index contributed by atoms with van der Waals surface area (Å²) in [5.41, 5.74) is 0.609. The molecule has 0 saturated carbocycles. The fraction of sp³-hybridized carbons (Fsp3) is 0.182. The van der Waals surface area contributed by atoms with Gasteiger partial charge in [0, 0.05) is 12.0 Å². The first-order valence-electron chi connectivity index (χ1n) is 4.43. The van der Waals surface area contributed by atoms with Crippen LogP contribution in [0.25, 0.3) is 6.08 Å². The molecule has 0 radical (unpaired) electrons. The first-order chi connectivity index (χ1) is 6.77. The van der Waals surface area contributed by atoms with Gasteiger partial charge in [-0.3, -0.25) is 4.79 Å². The Morgan fingerprint density at radius 3 is 2.79 bits per heavy atom. The predicted molar refractivity (Wildman–Crippen MR) is 51.7 cm³/mol. The summed E-state index contributed by atoms with van der Waals surface area (Å²) < 4.78 is 5.12. The molecule has 1 heterocycles. The fourth-order valence-corrected chi connectivity index (χ4v) is 1.33. The number of para-hydroxylation sites is 1. The first kappa shape index (κ1) is 8.81. The number of phenolic OH excluding ortho intramolecular Hbond substituents is 1. The van der Waals surface area contributed by atoms with Crippen LogP contribution < -0.4 is 0 Å². The molecule has 0 bridgehead atoms. The smallest absolute Gasteiger partial charge is 0.200 e. The van der Waals surface area contributed by atoms with Gasteiger partial charge in [0.25, 0.3) is 0 Å². The third-order valence-electron chi connectivity index (χ3n) is 2.08. The summed E-state index contributed by atoms with van der Waals surface area (Å²) in [5, 5.41) is 9.45. The quantitative estimate of drug-likeness (QED) is 0.686. The third kappa shape index (κ3) is 1.62. The molecule has 1 aliphatic heterocycles. The molecule has 3 nitrogen and oxygen atoms in total. The van der Waals surface area contributed by atoms with Gasteiger partial charge < -0.3 is 9.84 Å². The van der Waals surface area contributed by atoms with Crippen LogP contribution in [0, 0.1) is 0 Å². The zero-order valence-electron chi connectivity index (χ0n) is 7.56. The van der Waals surface area contributed by atoms with Gasteiger partial charge in [-0.25, -0.2) is 0 Å². The Morgan fingerprint density at radius 2 is 2.14 bits per heavy atom. The molecule has 1 N–H and O–H groups in total. The average Bonchev–Trinajstić information content (AvgIpc) is 2.56. The van der Waals surface area contributed by atoms with E-state index in [0.29, 0.717) is 24.4 Å². The van der Waals surface area contributed by atoms with E-state index in [1.54, 1.807) is 30.3 Å². The van der Waals surface area contributed by atoms with E-state index < -0.39 is 0 Å². The summed E-state index contributed by atoms with van der Waals surface area (Å²) in [4.78, 5) is 11.2. The van der Waals surface area contributed by atoms with Gasteiger partial charge in [-0.15, -0.1) is 0 Å². The third-order valence-corrected chi connectivity index (χ3v) is 2.08. The molecule has 1 aliphatic rings. The van der Waals surface area contributed by atoms with Crippen molar-refractivity contribution in [1.82, 2.24) is 0 Å². The molecule has 0 amide bonds. The number of hydrogen-bond donors (Lipinski definition) is 1. The zero-order valence-corrected chi connectivity index (χ0v) is 7.56. The summed E-state index contributed by atoms with van der Waals surface area (Å²) >= 11 is 0. The van der Waals surface area contributed by atoms with E-state index in [1.165, 1.54) is 0 Å². The molecule has 72 valence electrons. The molecule has 14 heavy (non-hydrogen) atoms. The van der Waals surface area contributed by atoms with Crippen LogP contribution in [-0.4, -0.2) is 17.5 Å². The maximum absolute atomic E-state index is 11.2. The lowest BCUT2D eigenvalue weighted by molar-refractivity contribution is -0.114. The zero-order chi connectivity index (χ0) is 9.97. The molecule has 0 unspecified atom stereocenters. The molecule has 1 aromatic carbocycles. The highest BCUT2D eigenvalue weighted by atomic mass is 16.5. The standard InChI is InChI=1S/C11H10O3/c12-9-4-2-1-3-8(9)7-11-10(13)5-6-14-11/h1-4,7,12H,5-6H2/b11-7-. The Balaban J connectivity index is 2.33. The van der Waals surface area contributed by atoms with Gasteiger partial charge in [-0.1, -0.05) is 18.2 Å². The maximum atomic E-state index is 11.2. The Kier molecular flexibility index (Phi) is 2.23. The minimum absolute atomic E-state index is 0.00625. The number of carbonyl (C=O) groups excluding carboxylic acids is 1. The predicted octanol–water partition coefficient (Wildman–Crippen LogP) is 1.72. The number of benzene rings is 1. The van der Waals surface area contributed by atoms with Gasteiger partial charge in [-0.05, 0) is 12.1 Å². The van der Waals surface area contributed by atoms with Crippen molar-refractivity contribution in [2.45, 2.75) is 6.42 Å². The van der Waals surface area contributed by atoms with Crippen molar-refractivity contribution in [3.8, 4) is 5.75 Å². The van der Waals surface area contributed by atoms with E-state index in [9.17, 15) is 9.90 Å². The molecule has 0 atom stereocenters. The number of allylic oxidation sites excluding steroid dienone is 1. The number of aromatic hydroxyl groups is 1. The molecule has 0 aromatic heterocycles. The minimum Gasteiger partial charge on any atom is -0.507 e. The highest BCUT2D eigenvalue weighted by Crippen LogP contribution is 2.22. The Bertz CT molecular complexity index is 393. The summed E-state index contributed by atoms with van der Waals surface area (Å²) in [6.07, 6.45) is 2.00. The van der Waals surface area contributed by atoms with Crippen LogP contribution in [0.5, 0.6) is 5.75 Å². The summed E-state index contributed by atoms with van der Waals surface area (Å²) in [7, 11) is 0. The van der Waals surface area contributed by atoms with Crippen LogP contribution in [0.1, 0.15) is 12.0 Å². The summed E-state index contributed by atoms with van der Waals surface area (Å²) in [6, 6.07) is 6.84. The van der Waals surface area contributed by atoms with Crippen molar-refractivity contribution < 1.29 is 14.6 Å². The maximum Gasteiger partial charge on any atom is 0.200 e. The van der Waals surface area contributed by atoms with Gasteiger partial charge in [0.05, 0.1) is 6.61 Å². The Morgan fingerprint density at radius 1 is 1.36 bits per heavy atom. The Labute approximate surface area is 81.6 Å². The van der Waals surface area contributed by atoms with Crippen LogP contribution in [0.3, 0.4) is 0 Å². The molecule has 3 heteroatoms. The van der Waals surface area contributed by atoms with Gasteiger partial charge in [0.15, 0.2) is 5.76 Å². The molecular weight excluding hydrogens is 180 g/mol. The van der Waals surface area contributed by atoms with Crippen molar-refractivity contribution in [2.75, 3.05) is 6.61 Å². The molecule has 0 aliphatic carbocycles. The lowest BCUT2D eigenvalue weighted by atomic mass is 10.1. The molecular formula is C11H10O3. The summed E-state index contributed by atoms with van der Waals surface area (Å²) in [5.74, 6) is 0.489. The van der Waals surface area contributed by atoms with Crippen molar-refractivity contribution in [1.29, 1.82) is 0 Å². The number of hydrogen-bond acceptors (Lipinski definition) is 3. The number of Topliss-reactive ketones (excluding diaryl/α,β-unsaturated/α-hetero) is 1. The van der Waals surface area contributed by atoms with E-state index in [-0.39, 0.29) is 11.5 Å². The van der Waals surface area contributed by atoms with Gasteiger partial charge in [0.1, 0.15) is 5.75 Å². The summed E-state index contributed by atoms with van der Waals surface area (Å²) in [6.45, 7) is 0.443. The number of phenols is 1. The van der Waals surface area contributed by atoms with E-state index in [1.807, 2.05) is 0 Å². The van der Waals surface area contributed by atoms with Crippen LogP contribution in [0.15, 0.2) is 30.0 Å². The topological polar surface area (TPSA) is 46.5 Å². The lowest BCUT2D eigenvalue weighted by Gasteiger charge is -1.99. The lowest BCUT2D eigenvalue weighted by Crippen LogP contribution is -1.92. The van der Waals surface area contributed by atoms with Gasteiger partial charge >= 0.3 is 0 Å². The number of rotatable bonds is 1. The Hall–Kier alpha value is -1.77. The van der Waals surface area contributed by atoms with Crippen molar-refractivity contribution in [3.63, 3.8) is 0 Å². The van der Waals surface area contributed by atoms with Gasteiger partial charge in [0.2, 0.25) is 5.78 Å². The fourth-order valence-electron chi connectivity index (χ4n) is 1.33.